The second-order valence-electron chi connectivity index (χ2n) is 3.82. The minimum Gasteiger partial charge on any atom is -0.332 e. The molecule has 0 bridgehead atoms. The molecule has 8 nitrogen and oxygen atoms in total. The van der Waals surface area contributed by atoms with Crippen LogP contribution in [0.15, 0.2) is 35.2 Å². The molecule has 3 rings (SSSR count). The summed E-state index contributed by atoms with van der Waals surface area (Å²) in [6, 6.07) is 3.66. The number of rotatable bonds is 4. The van der Waals surface area contributed by atoms with E-state index in [0.717, 1.165) is 5.56 Å². The van der Waals surface area contributed by atoms with E-state index in [1.165, 1.54) is 0 Å². The Morgan fingerprint density at radius 2 is 2.32 bits per heavy atom. The minimum absolute atomic E-state index is 0.321. The molecule has 0 aliphatic rings. The molecule has 0 saturated heterocycles. The lowest BCUT2D eigenvalue weighted by Gasteiger charge is -1.91. The lowest BCUT2D eigenvalue weighted by atomic mass is 10.3. The third-order valence-corrected chi connectivity index (χ3v) is 2.46. The van der Waals surface area contributed by atoms with Gasteiger partial charge in [-0.3, -0.25) is 9.67 Å². The standard InChI is InChI=1S/C11H11N7O/c12-3-5-18-7-9(15-17-18)11-14-10(16-19-11)8-2-1-4-13-6-8/h1-2,4,6-7H,3,5,12H2. The van der Waals surface area contributed by atoms with E-state index in [2.05, 4.69) is 25.4 Å². The first-order valence-corrected chi connectivity index (χ1v) is 5.71. The van der Waals surface area contributed by atoms with Crippen molar-refractivity contribution >= 4 is 0 Å². The largest absolute Gasteiger partial charge is 0.332 e. The zero-order chi connectivity index (χ0) is 13.1. The summed E-state index contributed by atoms with van der Waals surface area (Å²) in [4.78, 5) is 8.26. The van der Waals surface area contributed by atoms with E-state index in [9.17, 15) is 0 Å². The van der Waals surface area contributed by atoms with Gasteiger partial charge in [-0.1, -0.05) is 10.4 Å². The van der Waals surface area contributed by atoms with Crippen LogP contribution in [0, 0.1) is 0 Å². The average Bonchev–Trinajstić information content (AvgIpc) is 3.08. The Bertz CT molecular complexity index is 661. The zero-order valence-corrected chi connectivity index (χ0v) is 9.97. The molecule has 3 heterocycles. The van der Waals surface area contributed by atoms with Crippen molar-refractivity contribution in [3.8, 4) is 23.0 Å². The van der Waals surface area contributed by atoms with Gasteiger partial charge in [0.1, 0.15) is 0 Å². The molecular formula is C11H11N7O. The Balaban J connectivity index is 1.88. The number of pyridine rings is 1. The van der Waals surface area contributed by atoms with Crippen molar-refractivity contribution in [1.29, 1.82) is 0 Å². The first-order valence-electron chi connectivity index (χ1n) is 5.71. The van der Waals surface area contributed by atoms with Crippen LogP contribution in [-0.2, 0) is 6.54 Å². The quantitative estimate of drug-likeness (QED) is 0.718. The van der Waals surface area contributed by atoms with Gasteiger partial charge in [0.05, 0.1) is 12.7 Å². The predicted molar refractivity (Wildman–Crippen MR) is 65.6 cm³/mol. The number of hydrogen-bond donors (Lipinski definition) is 1. The van der Waals surface area contributed by atoms with E-state index in [-0.39, 0.29) is 0 Å². The minimum atomic E-state index is 0.321. The van der Waals surface area contributed by atoms with Crippen LogP contribution in [0.2, 0.25) is 0 Å². The van der Waals surface area contributed by atoms with Gasteiger partial charge in [-0.2, -0.15) is 4.98 Å². The van der Waals surface area contributed by atoms with Gasteiger partial charge in [-0.15, -0.1) is 5.10 Å². The molecule has 0 unspecified atom stereocenters. The molecule has 0 aromatic carbocycles. The zero-order valence-electron chi connectivity index (χ0n) is 9.97. The maximum Gasteiger partial charge on any atom is 0.280 e. The van der Waals surface area contributed by atoms with Gasteiger partial charge in [0.15, 0.2) is 5.69 Å². The van der Waals surface area contributed by atoms with Crippen LogP contribution in [-0.4, -0.2) is 36.7 Å². The highest BCUT2D eigenvalue weighted by Gasteiger charge is 2.13. The molecule has 3 aromatic heterocycles. The summed E-state index contributed by atoms with van der Waals surface area (Å²) in [6.07, 6.45) is 5.07. The molecule has 19 heavy (non-hydrogen) atoms. The Hall–Kier alpha value is -2.61. The lowest BCUT2D eigenvalue weighted by molar-refractivity contribution is 0.431. The highest BCUT2D eigenvalue weighted by Crippen LogP contribution is 2.19. The summed E-state index contributed by atoms with van der Waals surface area (Å²) in [5.41, 5.74) is 6.75. The molecule has 0 amide bonds. The van der Waals surface area contributed by atoms with Crippen LogP contribution in [0.4, 0.5) is 0 Å². The van der Waals surface area contributed by atoms with Crippen LogP contribution >= 0.6 is 0 Å². The van der Waals surface area contributed by atoms with Crippen LogP contribution in [0.25, 0.3) is 23.0 Å². The van der Waals surface area contributed by atoms with Crippen molar-refractivity contribution in [2.45, 2.75) is 6.54 Å². The lowest BCUT2D eigenvalue weighted by Crippen LogP contribution is -2.10. The third-order valence-electron chi connectivity index (χ3n) is 2.46. The van der Waals surface area contributed by atoms with E-state index in [0.29, 0.717) is 30.5 Å². The molecule has 0 aliphatic carbocycles. The number of nitrogens with two attached hydrogens (primary N) is 1. The van der Waals surface area contributed by atoms with E-state index in [4.69, 9.17) is 10.3 Å². The molecule has 2 N–H and O–H groups in total. The molecule has 0 radical (unpaired) electrons. The van der Waals surface area contributed by atoms with Gasteiger partial charge in [0, 0.05) is 24.5 Å². The van der Waals surface area contributed by atoms with Gasteiger partial charge >= 0.3 is 0 Å². The van der Waals surface area contributed by atoms with Gasteiger partial charge in [0.25, 0.3) is 5.89 Å². The van der Waals surface area contributed by atoms with Crippen LogP contribution in [0.1, 0.15) is 0 Å². The summed E-state index contributed by atoms with van der Waals surface area (Å²) in [7, 11) is 0. The highest BCUT2D eigenvalue weighted by molar-refractivity contribution is 5.55. The number of hydrogen-bond acceptors (Lipinski definition) is 7. The average molecular weight is 257 g/mol. The fraction of sp³-hybridized carbons (Fsp3) is 0.182. The summed E-state index contributed by atoms with van der Waals surface area (Å²) in [5.74, 6) is 0.790. The van der Waals surface area contributed by atoms with Crippen molar-refractivity contribution in [2.24, 2.45) is 5.73 Å². The molecule has 0 spiro atoms. The second-order valence-corrected chi connectivity index (χ2v) is 3.82. The predicted octanol–water partition coefficient (Wildman–Crippen LogP) is 0.349. The molecule has 0 fully saturated rings. The Labute approximate surface area is 108 Å². The van der Waals surface area contributed by atoms with Crippen LogP contribution in [0.3, 0.4) is 0 Å². The monoisotopic (exact) mass is 257 g/mol. The summed E-state index contributed by atoms with van der Waals surface area (Å²) in [5, 5.41) is 11.8. The molecule has 96 valence electrons. The fourth-order valence-corrected chi connectivity index (χ4v) is 1.58. The Kier molecular flexibility index (Phi) is 2.99. The van der Waals surface area contributed by atoms with Crippen molar-refractivity contribution in [1.82, 2.24) is 30.1 Å². The molecule has 0 aliphatic heterocycles. The van der Waals surface area contributed by atoms with Gasteiger partial charge < -0.3 is 10.3 Å². The highest BCUT2D eigenvalue weighted by atomic mass is 16.5. The van der Waals surface area contributed by atoms with E-state index in [1.54, 1.807) is 23.3 Å². The SMILES string of the molecule is NCCn1cc(-c2nc(-c3cccnc3)no2)nn1. The topological polar surface area (TPSA) is 109 Å². The van der Waals surface area contributed by atoms with E-state index >= 15 is 0 Å². The Morgan fingerprint density at radius 1 is 1.37 bits per heavy atom. The molecule has 0 atom stereocenters. The molecule has 8 heteroatoms. The summed E-state index contributed by atoms with van der Waals surface area (Å²) < 4.78 is 6.79. The first-order chi connectivity index (χ1) is 9.36. The van der Waals surface area contributed by atoms with Crippen molar-refractivity contribution in [3.05, 3.63) is 30.7 Å². The molecule has 3 aromatic rings. The van der Waals surface area contributed by atoms with Crippen molar-refractivity contribution in [2.75, 3.05) is 6.54 Å². The maximum atomic E-state index is 5.44. The normalized spacial score (nSPS) is 10.8. The second kappa shape index (κ2) is 4.94. The number of nitrogens with zero attached hydrogens (tertiary/aromatic N) is 6. The Morgan fingerprint density at radius 3 is 3.11 bits per heavy atom. The molecule has 0 saturated carbocycles. The maximum absolute atomic E-state index is 5.44. The van der Waals surface area contributed by atoms with Gasteiger partial charge in [-0.25, -0.2) is 0 Å². The van der Waals surface area contributed by atoms with Gasteiger partial charge in [0.2, 0.25) is 5.82 Å². The summed E-state index contributed by atoms with van der Waals surface area (Å²) in [6.45, 7) is 1.09. The smallest absolute Gasteiger partial charge is 0.280 e. The summed E-state index contributed by atoms with van der Waals surface area (Å²) >= 11 is 0. The van der Waals surface area contributed by atoms with Crippen LogP contribution < -0.4 is 5.73 Å². The van der Waals surface area contributed by atoms with Crippen molar-refractivity contribution in [3.63, 3.8) is 0 Å². The van der Waals surface area contributed by atoms with Crippen LogP contribution in [0.5, 0.6) is 0 Å². The number of aromatic nitrogens is 6. The van der Waals surface area contributed by atoms with Crippen molar-refractivity contribution < 1.29 is 4.52 Å². The third kappa shape index (κ3) is 2.33. The first kappa shape index (κ1) is 11.5. The molecular weight excluding hydrogens is 246 g/mol. The van der Waals surface area contributed by atoms with E-state index < -0.39 is 0 Å². The van der Waals surface area contributed by atoms with Gasteiger partial charge in [-0.05, 0) is 12.1 Å². The fourth-order valence-electron chi connectivity index (χ4n) is 1.58. The van der Waals surface area contributed by atoms with E-state index in [1.807, 2.05) is 12.1 Å².